The van der Waals surface area contributed by atoms with Gasteiger partial charge in [0.2, 0.25) is 0 Å². The van der Waals surface area contributed by atoms with Gasteiger partial charge in [-0.15, -0.1) is 12.4 Å². The second-order valence-electron chi connectivity index (χ2n) is 6.13. The zero-order valence-electron chi connectivity index (χ0n) is 14.4. The van der Waals surface area contributed by atoms with Crippen molar-refractivity contribution in [2.24, 2.45) is 0 Å². The summed E-state index contributed by atoms with van der Waals surface area (Å²) in [5.41, 5.74) is 3.75. The Morgan fingerprint density at radius 3 is 2.60 bits per heavy atom. The van der Waals surface area contributed by atoms with E-state index in [1.165, 1.54) is 6.92 Å². The number of benzene rings is 1. The van der Waals surface area contributed by atoms with Crippen LogP contribution in [0.5, 0.6) is 0 Å². The first-order chi connectivity index (χ1) is 11.4. The molecule has 1 aliphatic rings. The van der Waals surface area contributed by atoms with E-state index in [0.717, 1.165) is 12.1 Å². The summed E-state index contributed by atoms with van der Waals surface area (Å²) < 4.78 is 14.6. The second-order valence-corrected chi connectivity index (χ2v) is 6.13. The summed E-state index contributed by atoms with van der Waals surface area (Å²) in [5.74, 6) is -0.932. The molecule has 1 aromatic carbocycles. The maximum absolute atomic E-state index is 14.6. The molecule has 0 bridgehead atoms. The predicted octanol–water partition coefficient (Wildman–Crippen LogP) is 3.29. The number of carbonyl (C=O) groups is 2. The number of halogens is 2. The number of rotatable bonds is 3. The van der Waals surface area contributed by atoms with Crippen LogP contribution in [0.1, 0.15) is 50.2 Å². The van der Waals surface area contributed by atoms with E-state index >= 15 is 0 Å². The maximum atomic E-state index is 14.6. The van der Waals surface area contributed by atoms with Crippen LogP contribution in [0.25, 0.3) is 0 Å². The Labute approximate surface area is 151 Å². The lowest BCUT2D eigenvalue weighted by atomic mass is 9.99. The van der Waals surface area contributed by atoms with Crippen LogP contribution in [0, 0.1) is 19.7 Å². The van der Waals surface area contributed by atoms with Crippen molar-refractivity contribution in [1.29, 1.82) is 0 Å². The van der Waals surface area contributed by atoms with Gasteiger partial charge >= 0.3 is 0 Å². The van der Waals surface area contributed by atoms with E-state index in [2.05, 4.69) is 15.6 Å². The van der Waals surface area contributed by atoms with Gasteiger partial charge in [0.25, 0.3) is 5.91 Å². The molecule has 0 spiro atoms. The number of amides is 1. The van der Waals surface area contributed by atoms with Crippen molar-refractivity contribution < 1.29 is 14.0 Å². The number of ketones is 1. The first kappa shape index (κ1) is 19.1. The molecule has 0 saturated heterocycles. The first-order valence-electron chi connectivity index (χ1n) is 7.92. The van der Waals surface area contributed by atoms with E-state index < -0.39 is 5.91 Å². The Balaban J connectivity index is 0.00000225. The van der Waals surface area contributed by atoms with Crippen LogP contribution in [0.15, 0.2) is 12.1 Å². The highest BCUT2D eigenvalue weighted by molar-refractivity contribution is 6.07. The van der Waals surface area contributed by atoms with Gasteiger partial charge in [0, 0.05) is 17.8 Å². The number of hydrogen-bond acceptors (Lipinski definition) is 3. The lowest BCUT2D eigenvalue weighted by molar-refractivity contribution is 0.101. The summed E-state index contributed by atoms with van der Waals surface area (Å²) in [7, 11) is 0. The van der Waals surface area contributed by atoms with Gasteiger partial charge in [0.05, 0.1) is 5.69 Å². The average Bonchev–Trinajstić information content (AvgIpc) is 2.85. The SMILES string of the molecule is CC(=O)c1c(C)[nH]c(C(=O)Nc2ccc3c(c2F)CCNC3)c1C.Cl. The number of aryl methyl sites for hydroxylation is 1. The third-order valence-corrected chi connectivity index (χ3v) is 4.47. The van der Waals surface area contributed by atoms with E-state index in [1.807, 2.05) is 6.07 Å². The molecule has 0 fully saturated rings. The van der Waals surface area contributed by atoms with Gasteiger partial charge in [0.15, 0.2) is 5.78 Å². The molecular formula is C18H21ClFN3O2. The highest BCUT2D eigenvalue weighted by atomic mass is 35.5. The topological polar surface area (TPSA) is 74.0 Å². The Morgan fingerprint density at radius 1 is 1.24 bits per heavy atom. The van der Waals surface area contributed by atoms with Crippen LogP contribution in [0.2, 0.25) is 0 Å². The van der Waals surface area contributed by atoms with Crippen LogP contribution in [-0.4, -0.2) is 23.2 Å². The molecule has 25 heavy (non-hydrogen) atoms. The van der Waals surface area contributed by atoms with Gasteiger partial charge < -0.3 is 15.6 Å². The number of aromatic amines is 1. The minimum atomic E-state index is -0.448. The molecule has 3 N–H and O–H groups in total. The van der Waals surface area contributed by atoms with Crippen molar-refractivity contribution >= 4 is 29.8 Å². The molecule has 7 heteroatoms. The highest BCUT2D eigenvalue weighted by Crippen LogP contribution is 2.26. The zero-order chi connectivity index (χ0) is 17.4. The molecule has 0 unspecified atom stereocenters. The van der Waals surface area contributed by atoms with Crippen LogP contribution >= 0.6 is 12.4 Å². The molecule has 134 valence electrons. The zero-order valence-corrected chi connectivity index (χ0v) is 15.2. The van der Waals surface area contributed by atoms with Crippen molar-refractivity contribution in [2.75, 3.05) is 11.9 Å². The summed E-state index contributed by atoms with van der Waals surface area (Å²) in [6.45, 7) is 6.27. The number of carbonyl (C=O) groups excluding carboxylic acids is 2. The molecule has 5 nitrogen and oxygen atoms in total. The Hall–Kier alpha value is -2.18. The molecule has 0 atom stereocenters. The Morgan fingerprint density at radius 2 is 1.96 bits per heavy atom. The molecule has 1 aliphatic heterocycles. The lowest BCUT2D eigenvalue weighted by Crippen LogP contribution is -2.25. The molecule has 0 saturated carbocycles. The fraction of sp³-hybridized carbons (Fsp3) is 0.333. The molecule has 3 rings (SSSR count). The number of fused-ring (bicyclic) bond motifs is 1. The van der Waals surface area contributed by atoms with Gasteiger partial charge in [-0.05, 0) is 56.5 Å². The van der Waals surface area contributed by atoms with Crippen LogP contribution in [0.4, 0.5) is 10.1 Å². The molecule has 2 heterocycles. The van der Waals surface area contributed by atoms with Gasteiger partial charge in [-0.3, -0.25) is 9.59 Å². The molecule has 2 aromatic rings. The van der Waals surface area contributed by atoms with Gasteiger partial charge in [-0.1, -0.05) is 6.07 Å². The molecule has 0 radical (unpaired) electrons. The number of H-pyrrole nitrogens is 1. The Bertz CT molecular complexity index is 845. The second kappa shape index (κ2) is 7.37. The predicted molar refractivity (Wildman–Crippen MR) is 97.3 cm³/mol. The van der Waals surface area contributed by atoms with Crippen LogP contribution in [0.3, 0.4) is 0 Å². The van der Waals surface area contributed by atoms with Crippen molar-refractivity contribution in [3.63, 3.8) is 0 Å². The molecule has 0 aliphatic carbocycles. The van der Waals surface area contributed by atoms with Gasteiger partial charge in [0.1, 0.15) is 11.5 Å². The number of hydrogen-bond donors (Lipinski definition) is 3. The number of nitrogens with one attached hydrogen (secondary N) is 3. The first-order valence-corrected chi connectivity index (χ1v) is 7.92. The van der Waals surface area contributed by atoms with Crippen LogP contribution < -0.4 is 10.6 Å². The number of aromatic nitrogens is 1. The lowest BCUT2D eigenvalue weighted by Gasteiger charge is -2.19. The van der Waals surface area contributed by atoms with E-state index in [0.29, 0.717) is 35.3 Å². The fourth-order valence-corrected chi connectivity index (χ4v) is 3.32. The quantitative estimate of drug-likeness (QED) is 0.731. The van der Waals surface area contributed by atoms with E-state index in [-0.39, 0.29) is 35.4 Å². The highest BCUT2D eigenvalue weighted by Gasteiger charge is 2.22. The summed E-state index contributed by atoms with van der Waals surface area (Å²) in [6.07, 6.45) is 0.597. The summed E-state index contributed by atoms with van der Waals surface area (Å²) in [4.78, 5) is 27.1. The van der Waals surface area contributed by atoms with Gasteiger partial charge in [-0.2, -0.15) is 0 Å². The van der Waals surface area contributed by atoms with Crippen molar-refractivity contribution in [1.82, 2.24) is 10.3 Å². The number of Topliss-reactive ketones (excluding diaryl/α,β-unsaturated/α-hetero) is 1. The monoisotopic (exact) mass is 365 g/mol. The van der Waals surface area contributed by atoms with Crippen molar-refractivity contribution in [3.8, 4) is 0 Å². The van der Waals surface area contributed by atoms with Crippen LogP contribution in [-0.2, 0) is 13.0 Å². The van der Waals surface area contributed by atoms with E-state index in [4.69, 9.17) is 0 Å². The summed E-state index contributed by atoms with van der Waals surface area (Å²) in [6, 6.07) is 3.41. The summed E-state index contributed by atoms with van der Waals surface area (Å²) >= 11 is 0. The normalized spacial score (nSPS) is 13.0. The minimum Gasteiger partial charge on any atom is -0.354 e. The average molecular weight is 366 g/mol. The molecular weight excluding hydrogens is 345 g/mol. The standard InChI is InChI=1S/C18H20FN3O2.ClH/c1-9-15(11(3)23)10(2)21-17(9)18(24)22-14-5-4-12-8-20-7-6-13(12)16(14)19;/h4-5,20-21H,6-8H2,1-3H3,(H,22,24);1H. The van der Waals surface area contributed by atoms with Gasteiger partial charge in [-0.25, -0.2) is 4.39 Å². The Kier molecular flexibility index (Phi) is 5.65. The van der Waals surface area contributed by atoms with Crippen molar-refractivity contribution in [2.45, 2.75) is 33.7 Å². The largest absolute Gasteiger partial charge is 0.354 e. The van der Waals surface area contributed by atoms with E-state index in [9.17, 15) is 14.0 Å². The molecule has 1 aromatic heterocycles. The minimum absolute atomic E-state index is 0. The smallest absolute Gasteiger partial charge is 0.272 e. The summed E-state index contributed by atoms with van der Waals surface area (Å²) in [5, 5.41) is 5.81. The van der Waals surface area contributed by atoms with E-state index in [1.54, 1.807) is 19.9 Å². The third-order valence-electron chi connectivity index (χ3n) is 4.47. The third kappa shape index (κ3) is 3.45. The fourth-order valence-electron chi connectivity index (χ4n) is 3.32. The van der Waals surface area contributed by atoms with Crippen molar-refractivity contribution in [3.05, 3.63) is 51.6 Å². The number of anilines is 1. The maximum Gasteiger partial charge on any atom is 0.272 e. The molecule has 1 amide bonds.